The molecule has 0 rings (SSSR count). The van der Waals surface area contributed by atoms with Crippen LogP contribution in [0.3, 0.4) is 0 Å². The van der Waals surface area contributed by atoms with Gasteiger partial charge >= 0.3 is 0 Å². The summed E-state index contributed by atoms with van der Waals surface area (Å²) >= 11 is 0. The summed E-state index contributed by atoms with van der Waals surface area (Å²) in [6, 6.07) is 0. The Hall–Kier alpha value is -1.02. The maximum atomic E-state index is 4.94. The molecule has 0 atom stereocenters. The molecule has 0 saturated heterocycles. The van der Waals surface area contributed by atoms with Gasteiger partial charge in [0.15, 0.2) is 0 Å². The number of rotatable bonds is 4. The SMILES string of the molecule is C=CC(=C)OC=CCC.O. The Labute approximate surface area is 61.8 Å². The van der Waals surface area contributed by atoms with E-state index in [0.29, 0.717) is 5.76 Å². The highest BCUT2D eigenvalue weighted by molar-refractivity contribution is 5.03. The van der Waals surface area contributed by atoms with E-state index in [-0.39, 0.29) is 5.48 Å². The Morgan fingerprint density at radius 1 is 1.60 bits per heavy atom. The van der Waals surface area contributed by atoms with E-state index in [1.807, 2.05) is 13.0 Å². The summed E-state index contributed by atoms with van der Waals surface area (Å²) in [4.78, 5) is 0. The van der Waals surface area contributed by atoms with Crippen LogP contribution in [-0.4, -0.2) is 5.48 Å². The van der Waals surface area contributed by atoms with E-state index in [1.165, 1.54) is 0 Å². The normalized spacial score (nSPS) is 8.50. The predicted molar refractivity (Wildman–Crippen MR) is 43.5 cm³/mol. The lowest BCUT2D eigenvalue weighted by atomic mass is 10.5. The predicted octanol–water partition coefficient (Wildman–Crippen LogP) is 1.80. The summed E-state index contributed by atoms with van der Waals surface area (Å²) in [5.41, 5.74) is 0. The third-order valence-electron chi connectivity index (χ3n) is 0.779. The van der Waals surface area contributed by atoms with Crippen molar-refractivity contribution in [3.8, 4) is 0 Å². The Morgan fingerprint density at radius 2 is 2.20 bits per heavy atom. The van der Waals surface area contributed by atoms with Crippen LogP contribution in [0.1, 0.15) is 13.3 Å². The molecule has 2 N–H and O–H groups in total. The van der Waals surface area contributed by atoms with Crippen LogP contribution in [-0.2, 0) is 4.74 Å². The average molecular weight is 142 g/mol. The Balaban J connectivity index is 0. The highest BCUT2D eigenvalue weighted by atomic mass is 16.5. The zero-order chi connectivity index (χ0) is 7.11. The minimum Gasteiger partial charge on any atom is -0.466 e. The zero-order valence-electron chi connectivity index (χ0n) is 6.26. The molecule has 0 spiro atoms. The van der Waals surface area contributed by atoms with Crippen molar-refractivity contribution in [3.05, 3.63) is 37.3 Å². The minimum absolute atomic E-state index is 0. The molecule has 0 aliphatic rings. The molecular formula is C8H14O2. The number of allylic oxidation sites excluding steroid dienone is 2. The van der Waals surface area contributed by atoms with Gasteiger partial charge in [0.05, 0.1) is 6.26 Å². The smallest absolute Gasteiger partial charge is 0.118 e. The molecule has 0 aromatic carbocycles. The van der Waals surface area contributed by atoms with Crippen LogP contribution in [0.25, 0.3) is 0 Å². The number of ether oxygens (including phenoxy) is 1. The van der Waals surface area contributed by atoms with Gasteiger partial charge in [0.2, 0.25) is 0 Å². The number of hydrogen-bond donors (Lipinski definition) is 0. The van der Waals surface area contributed by atoms with Gasteiger partial charge < -0.3 is 10.2 Å². The molecule has 2 nitrogen and oxygen atoms in total. The van der Waals surface area contributed by atoms with Gasteiger partial charge in [0.1, 0.15) is 5.76 Å². The van der Waals surface area contributed by atoms with Crippen LogP contribution in [0.5, 0.6) is 0 Å². The van der Waals surface area contributed by atoms with Crippen LogP contribution in [0.2, 0.25) is 0 Å². The van der Waals surface area contributed by atoms with Crippen LogP contribution in [0.4, 0.5) is 0 Å². The fraction of sp³-hybridized carbons (Fsp3) is 0.250. The molecule has 0 fully saturated rings. The Bertz CT molecular complexity index is 125. The quantitative estimate of drug-likeness (QED) is 0.436. The third-order valence-corrected chi connectivity index (χ3v) is 0.779. The maximum Gasteiger partial charge on any atom is 0.118 e. The lowest BCUT2D eigenvalue weighted by molar-refractivity contribution is 0.369. The summed E-state index contributed by atoms with van der Waals surface area (Å²) in [5, 5.41) is 0. The minimum atomic E-state index is 0. The highest BCUT2D eigenvalue weighted by Crippen LogP contribution is 1.94. The van der Waals surface area contributed by atoms with Gasteiger partial charge in [-0.3, -0.25) is 0 Å². The maximum absolute atomic E-state index is 4.94. The molecule has 0 heterocycles. The molecule has 2 heteroatoms. The van der Waals surface area contributed by atoms with E-state index in [0.717, 1.165) is 6.42 Å². The fourth-order valence-corrected chi connectivity index (χ4v) is 0.280. The van der Waals surface area contributed by atoms with Crippen molar-refractivity contribution in [1.82, 2.24) is 0 Å². The molecule has 0 aromatic rings. The summed E-state index contributed by atoms with van der Waals surface area (Å²) in [5.74, 6) is 0.583. The summed E-state index contributed by atoms with van der Waals surface area (Å²) in [6.07, 6.45) is 6.07. The zero-order valence-corrected chi connectivity index (χ0v) is 6.26. The van der Waals surface area contributed by atoms with E-state index in [2.05, 4.69) is 13.2 Å². The van der Waals surface area contributed by atoms with Crippen molar-refractivity contribution in [1.29, 1.82) is 0 Å². The van der Waals surface area contributed by atoms with Crippen LogP contribution in [0.15, 0.2) is 37.3 Å². The van der Waals surface area contributed by atoms with Crippen LogP contribution in [0, 0.1) is 0 Å². The van der Waals surface area contributed by atoms with Crippen molar-refractivity contribution in [3.63, 3.8) is 0 Å². The fourth-order valence-electron chi connectivity index (χ4n) is 0.280. The first kappa shape index (κ1) is 11.7. The Kier molecular flexibility index (Phi) is 9.37. The third kappa shape index (κ3) is 6.98. The van der Waals surface area contributed by atoms with E-state index < -0.39 is 0 Å². The largest absolute Gasteiger partial charge is 0.466 e. The van der Waals surface area contributed by atoms with Crippen molar-refractivity contribution in [2.24, 2.45) is 0 Å². The van der Waals surface area contributed by atoms with Crippen molar-refractivity contribution < 1.29 is 10.2 Å². The first-order valence-corrected chi connectivity index (χ1v) is 2.94. The Morgan fingerprint density at radius 3 is 2.60 bits per heavy atom. The molecule has 0 unspecified atom stereocenters. The monoisotopic (exact) mass is 142 g/mol. The van der Waals surface area contributed by atoms with Gasteiger partial charge in [0, 0.05) is 0 Å². The van der Waals surface area contributed by atoms with Crippen molar-refractivity contribution in [2.75, 3.05) is 0 Å². The first-order chi connectivity index (χ1) is 4.31. The molecule has 0 amide bonds. The molecule has 58 valence electrons. The molecule has 0 aliphatic heterocycles. The van der Waals surface area contributed by atoms with E-state index in [9.17, 15) is 0 Å². The molecule has 0 aromatic heterocycles. The highest BCUT2D eigenvalue weighted by Gasteiger charge is 1.77. The molecule has 0 saturated carbocycles. The lowest BCUT2D eigenvalue weighted by Gasteiger charge is -1.94. The summed E-state index contributed by atoms with van der Waals surface area (Å²) < 4.78 is 4.94. The topological polar surface area (TPSA) is 40.7 Å². The number of hydrogen-bond acceptors (Lipinski definition) is 1. The second-order valence-electron chi connectivity index (χ2n) is 1.57. The van der Waals surface area contributed by atoms with Gasteiger partial charge in [-0.25, -0.2) is 0 Å². The van der Waals surface area contributed by atoms with E-state index >= 15 is 0 Å². The lowest BCUT2D eigenvalue weighted by Crippen LogP contribution is -1.74. The van der Waals surface area contributed by atoms with E-state index in [1.54, 1.807) is 12.3 Å². The van der Waals surface area contributed by atoms with Crippen molar-refractivity contribution in [2.45, 2.75) is 13.3 Å². The molecule has 0 radical (unpaired) electrons. The first-order valence-electron chi connectivity index (χ1n) is 2.94. The summed E-state index contributed by atoms with van der Waals surface area (Å²) in [7, 11) is 0. The molecule has 10 heavy (non-hydrogen) atoms. The molecular weight excluding hydrogens is 128 g/mol. The molecule has 0 bridgehead atoms. The second kappa shape index (κ2) is 7.98. The van der Waals surface area contributed by atoms with Gasteiger partial charge in [-0.2, -0.15) is 0 Å². The van der Waals surface area contributed by atoms with Gasteiger partial charge in [0.25, 0.3) is 0 Å². The summed E-state index contributed by atoms with van der Waals surface area (Å²) in [6.45, 7) is 9.07. The van der Waals surface area contributed by atoms with Crippen molar-refractivity contribution >= 4 is 0 Å². The second-order valence-corrected chi connectivity index (χ2v) is 1.57. The van der Waals surface area contributed by atoms with Gasteiger partial charge in [-0.1, -0.05) is 20.1 Å². The average Bonchev–Trinajstić information content (AvgIpc) is 1.89. The van der Waals surface area contributed by atoms with Gasteiger partial charge in [-0.05, 0) is 18.6 Å². The van der Waals surface area contributed by atoms with E-state index in [4.69, 9.17) is 4.74 Å². The standard InChI is InChI=1S/C8H12O.H2O/c1-4-6-7-9-8(3)5-2;/h5-7H,2-4H2,1H3;1H2. The molecule has 0 aliphatic carbocycles. The van der Waals surface area contributed by atoms with Gasteiger partial charge in [-0.15, -0.1) is 0 Å². The van der Waals surface area contributed by atoms with Crippen LogP contribution < -0.4 is 0 Å². The van der Waals surface area contributed by atoms with Crippen LogP contribution >= 0.6 is 0 Å².